The number of ether oxygens (including phenoxy) is 1. The van der Waals surface area contributed by atoms with Crippen molar-refractivity contribution in [2.75, 3.05) is 6.54 Å². The number of aromatic nitrogens is 1. The van der Waals surface area contributed by atoms with Crippen molar-refractivity contribution in [3.05, 3.63) is 106 Å². The van der Waals surface area contributed by atoms with Crippen molar-refractivity contribution in [2.45, 2.75) is 38.1 Å². The van der Waals surface area contributed by atoms with Crippen molar-refractivity contribution in [2.24, 2.45) is 0 Å². The first-order chi connectivity index (χ1) is 17.4. The highest BCUT2D eigenvalue weighted by molar-refractivity contribution is 9.10. The molecule has 0 aliphatic carbocycles. The third-order valence-electron chi connectivity index (χ3n) is 5.49. The predicted octanol–water partition coefficient (Wildman–Crippen LogP) is 7.18. The third-order valence-corrected chi connectivity index (χ3v) is 6.24. The summed E-state index contributed by atoms with van der Waals surface area (Å²) in [5.41, 5.74) is 2.50. The molecule has 37 heavy (non-hydrogen) atoms. The van der Waals surface area contributed by atoms with E-state index in [-0.39, 0.29) is 11.9 Å². The maximum atomic E-state index is 13.3. The first-order valence-electron chi connectivity index (χ1n) is 11.3. The largest absolute Gasteiger partial charge is 0.461 e. The fourth-order valence-electron chi connectivity index (χ4n) is 3.54. The molecule has 0 spiro atoms. The topological polar surface area (TPSA) is 54.5 Å². The second-order valence-corrected chi connectivity index (χ2v) is 10.1. The van der Waals surface area contributed by atoms with E-state index >= 15 is 0 Å². The van der Waals surface area contributed by atoms with Crippen LogP contribution in [0.15, 0.2) is 84.0 Å². The molecule has 0 saturated carbocycles. The van der Waals surface area contributed by atoms with Gasteiger partial charge in [-0.15, -0.1) is 6.58 Å². The smallest absolute Gasteiger partial charge is 0.417 e. The van der Waals surface area contributed by atoms with Crippen LogP contribution in [0, 0.1) is 0 Å². The van der Waals surface area contributed by atoms with Gasteiger partial charge in [0.05, 0.1) is 11.6 Å². The van der Waals surface area contributed by atoms with Crippen LogP contribution in [0.4, 0.5) is 13.2 Å². The summed E-state index contributed by atoms with van der Waals surface area (Å²) >= 11 is 9.56. The number of benzene rings is 2. The zero-order valence-electron chi connectivity index (χ0n) is 20.2. The summed E-state index contributed by atoms with van der Waals surface area (Å²) in [6, 6.07) is 16.9. The quantitative estimate of drug-likeness (QED) is 0.199. The lowest BCUT2D eigenvalue weighted by molar-refractivity contribution is -0.141. The number of carbonyl (C=O) groups excluding carboxylic acids is 1. The Hall–Kier alpha value is -2.88. The van der Waals surface area contributed by atoms with Gasteiger partial charge in [-0.3, -0.25) is 10.2 Å². The molecule has 0 aliphatic rings. The molecule has 0 aliphatic heterocycles. The van der Waals surface area contributed by atoms with Gasteiger partial charge in [-0.1, -0.05) is 57.9 Å². The Morgan fingerprint density at radius 3 is 2.46 bits per heavy atom. The number of hydrazine groups is 1. The molecule has 3 aromatic rings. The van der Waals surface area contributed by atoms with E-state index in [1.807, 2.05) is 36.4 Å². The number of halogens is 5. The monoisotopic (exact) mass is 595 g/mol. The number of rotatable bonds is 10. The summed E-state index contributed by atoms with van der Waals surface area (Å²) in [7, 11) is 0. The van der Waals surface area contributed by atoms with E-state index in [4.69, 9.17) is 16.3 Å². The van der Waals surface area contributed by atoms with E-state index in [1.165, 1.54) is 13.8 Å². The fraction of sp³-hybridized carbons (Fsp3) is 0.259. The molecule has 1 aromatic heterocycles. The van der Waals surface area contributed by atoms with Gasteiger partial charge in [0.2, 0.25) is 5.88 Å². The maximum Gasteiger partial charge on any atom is 0.417 e. The molecule has 1 heterocycles. The molecule has 1 unspecified atom stereocenters. The van der Waals surface area contributed by atoms with Crippen molar-refractivity contribution < 1.29 is 22.7 Å². The fourth-order valence-corrected chi connectivity index (χ4v) is 4.08. The van der Waals surface area contributed by atoms with Crippen LogP contribution in [0.1, 0.15) is 36.6 Å². The van der Waals surface area contributed by atoms with Crippen LogP contribution < -0.4 is 10.2 Å². The van der Waals surface area contributed by atoms with Gasteiger partial charge in [0, 0.05) is 28.3 Å². The minimum Gasteiger partial charge on any atom is -0.461 e. The first kappa shape index (κ1) is 28.7. The van der Waals surface area contributed by atoms with Gasteiger partial charge in [-0.05, 0) is 61.7 Å². The predicted molar refractivity (Wildman–Crippen MR) is 141 cm³/mol. The Bertz CT molecular complexity index is 1220. The van der Waals surface area contributed by atoms with Crippen LogP contribution in [0.5, 0.6) is 5.88 Å². The SMILES string of the molecule is C=CCN(NC(=O)C(C)(C)Oc1ccc(C(F)(F)F)cn1)C(Cc1ccc(Cl)cc1)c1cccc(Br)c1. The molecular weight excluding hydrogens is 571 g/mol. The van der Waals surface area contributed by atoms with E-state index in [2.05, 4.69) is 32.9 Å². The van der Waals surface area contributed by atoms with E-state index in [0.29, 0.717) is 24.2 Å². The summed E-state index contributed by atoms with van der Waals surface area (Å²) in [6.45, 7) is 7.17. The van der Waals surface area contributed by atoms with E-state index < -0.39 is 23.2 Å². The summed E-state index contributed by atoms with van der Waals surface area (Å²) in [6.07, 6.45) is -1.64. The van der Waals surface area contributed by atoms with E-state index in [9.17, 15) is 18.0 Å². The molecular formula is C27H26BrClF3N3O2. The molecule has 3 rings (SSSR count). The number of amides is 1. The van der Waals surface area contributed by atoms with Crippen LogP contribution in [0.25, 0.3) is 0 Å². The number of nitrogens with one attached hydrogen (secondary N) is 1. The number of alkyl halides is 3. The summed E-state index contributed by atoms with van der Waals surface area (Å²) in [5, 5.41) is 2.37. The lowest BCUT2D eigenvalue weighted by Crippen LogP contribution is -2.54. The second kappa shape index (κ2) is 12.1. The average Bonchev–Trinajstić information content (AvgIpc) is 2.83. The average molecular weight is 597 g/mol. The Morgan fingerprint density at radius 1 is 1.19 bits per heavy atom. The van der Waals surface area contributed by atoms with Gasteiger partial charge in [-0.25, -0.2) is 9.99 Å². The van der Waals surface area contributed by atoms with Gasteiger partial charge >= 0.3 is 6.18 Å². The summed E-state index contributed by atoms with van der Waals surface area (Å²) in [5.74, 6) is -0.611. The van der Waals surface area contributed by atoms with Gasteiger partial charge in [0.1, 0.15) is 0 Å². The van der Waals surface area contributed by atoms with Crippen LogP contribution in [-0.4, -0.2) is 28.0 Å². The zero-order valence-corrected chi connectivity index (χ0v) is 22.6. The molecule has 1 amide bonds. The lowest BCUT2D eigenvalue weighted by atomic mass is 9.98. The minimum absolute atomic E-state index is 0.104. The number of hydrogen-bond acceptors (Lipinski definition) is 4. The van der Waals surface area contributed by atoms with E-state index in [0.717, 1.165) is 27.7 Å². The molecule has 10 heteroatoms. The third kappa shape index (κ3) is 8.05. The van der Waals surface area contributed by atoms with Gasteiger partial charge in [0.25, 0.3) is 5.91 Å². The molecule has 5 nitrogen and oxygen atoms in total. The van der Waals surface area contributed by atoms with E-state index in [1.54, 1.807) is 23.2 Å². The summed E-state index contributed by atoms with van der Waals surface area (Å²) in [4.78, 5) is 17.0. The number of carbonyl (C=O) groups is 1. The van der Waals surface area contributed by atoms with Gasteiger partial charge < -0.3 is 4.74 Å². The highest BCUT2D eigenvalue weighted by Gasteiger charge is 2.35. The summed E-state index contributed by atoms with van der Waals surface area (Å²) < 4.78 is 45.1. The molecule has 196 valence electrons. The van der Waals surface area contributed by atoms with Crippen molar-refractivity contribution >= 4 is 33.4 Å². The molecule has 1 atom stereocenters. The number of hydrogen-bond donors (Lipinski definition) is 1. The molecule has 0 radical (unpaired) electrons. The van der Waals surface area contributed by atoms with Crippen molar-refractivity contribution in [1.82, 2.24) is 15.4 Å². The highest BCUT2D eigenvalue weighted by atomic mass is 79.9. The molecule has 0 bridgehead atoms. The standard InChI is InChI=1S/C27H26BrClF3N3O2/c1-4-14-35(23(19-6-5-7-21(28)16-19)15-18-8-11-22(29)12-9-18)34-25(36)26(2,3)37-24-13-10-20(17-33-24)27(30,31)32/h4-13,16-17,23H,1,14-15H2,2-3H3,(H,34,36). The van der Waals surface area contributed by atoms with Gasteiger partial charge in [-0.2, -0.15) is 13.2 Å². The molecule has 0 fully saturated rings. The van der Waals surface area contributed by atoms with Crippen LogP contribution in [-0.2, 0) is 17.4 Å². The Labute approximate surface area is 227 Å². The Balaban J connectivity index is 1.85. The Morgan fingerprint density at radius 2 is 1.89 bits per heavy atom. The molecule has 1 N–H and O–H groups in total. The first-order valence-corrected chi connectivity index (χ1v) is 12.5. The maximum absolute atomic E-state index is 13.3. The molecule has 2 aromatic carbocycles. The van der Waals surface area contributed by atoms with Crippen molar-refractivity contribution in [3.8, 4) is 5.88 Å². The van der Waals surface area contributed by atoms with Crippen molar-refractivity contribution in [3.63, 3.8) is 0 Å². The van der Waals surface area contributed by atoms with Crippen LogP contribution in [0.3, 0.4) is 0 Å². The minimum atomic E-state index is -4.52. The van der Waals surface area contributed by atoms with Crippen LogP contribution >= 0.6 is 27.5 Å². The van der Waals surface area contributed by atoms with Gasteiger partial charge in [0.15, 0.2) is 5.60 Å². The Kier molecular flexibility index (Phi) is 9.39. The second-order valence-electron chi connectivity index (χ2n) is 8.78. The number of pyridine rings is 1. The molecule has 0 saturated heterocycles. The van der Waals surface area contributed by atoms with Crippen LogP contribution in [0.2, 0.25) is 5.02 Å². The normalized spacial score (nSPS) is 12.8. The highest BCUT2D eigenvalue weighted by Crippen LogP contribution is 2.30. The van der Waals surface area contributed by atoms with Crippen molar-refractivity contribution in [1.29, 1.82) is 0 Å². The lowest BCUT2D eigenvalue weighted by Gasteiger charge is -2.35. The number of nitrogens with zero attached hydrogens (tertiary/aromatic N) is 2. The zero-order chi connectivity index (χ0) is 27.2.